The molecule has 2 aromatic heterocycles. The molecule has 0 radical (unpaired) electrons. The molecule has 0 saturated carbocycles. The van der Waals surface area contributed by atoms with E-state index < -0.39 is 0 Å². The molecule has 0 amide bonds. The van der Waals surface area contributed by atoms with Crippen LogP contribution in [0.5, 0.6) is 0 Å². The predicted molar refractivity (Wildman–Crippen MR) is 71.1 cm³/mol. The highest BCUT2D eigenvalue weighted by atomic mass is 32.1. The molecule has 92 valence electrons. The molecule has 2 aromatic rings. The van der Waals surface area contributed by atoms with Crippen molar-refractivity contribution in [3.05, 3.63) is 23.6 Å². The highest BCUT2D eigenvalue weighted by Crippen LogP contribution is 2.28. The molecule has 1 atom stereocenters. The van der Waals surface area contributed by atoms with Crippen LogP contribution in [0.4, 0.5) is 0 Å². The molecule has 5 heteroatoms. The van der Waals surface area contributed by atoms with Gasteiger partial charge >= 0.3 is 0 Å². The van der Waals surface area contributed by atoms with Gasteiger partial charge in [0, 0.05) is 23.7 Å². The molecule has 0 aliphatic rings. The van der Waals surface area contributed by atoms with E-state index in [1.807, 2.05) is 18.7 Å². The van der Waals surface area contributed by atoms with Gasteiger partial charge in [0.25, 0.3) is 0 Å². The number of imidazole rings is 1. The van der Waals surface area contributed by atoms with Crippen molar-refractivity contribution in [3.63, 3.8) is 0 Å². The van der Waals surface area contributed by atoms with Gasteiger partial charge in [-0.3, -0.25) is 0 Å². The third-order valence-corrected chi connectivity index (χ3v) is 3.94. The van der Waals surface area contributed by atoms with Gasteiger partial charge in [0.15, 0.2) is 0 Å². The van der Waals surface area contributed by atoms with Crippen LogP contribution in [0, 0.1) is 0 Å². The first kappa shape index (κ1) is 12.3. The first-order chi connectivity index (χ1) is 8.26. The number of nitrogens with zero attached hydrogens (tertiary/aromatic N) is 3. The van der Waals surface area contributed by atoms with Gasteiger partial charge < -0.3 is 9.88 Å². The van der Waals surface area contributed by atoms with Gasteiger partial charge in [-0.25, -0.2) is 9.97 Å². The van der Waals surface area contributed by atoms with Gasteiger partial charge in [-0.15, -0.1) is 11.3 Å². The van der Waals surface area contributed by atoms with Crippen LogP contribution in [0.2, 0.25) is 0 Å². The number of hydrogen-bond acceptors (Lipinski definition) is 4. The van der Waals surface area contributed by atoms with E-state index in [-0.39, 0.29) is 0 Å². The van der Waals surface area contributed by atoms with Crippen LogP contribution >= 0.6 is 11.3 Å². The van der Waals surface area contributed by atoms with E-state index in [0.717, 1.165) is 23.8 Å². The molecule has 1 N–H and O–H groups in total. The van der Waals surface area contributed by atoms with Crippen LogP contribution in [-0.4, -0.2) is 21.1 Å². The first-order valence-electron chi connectivity index (χ1n) is 5.95. The number of hydrogen-bond donors (Lipinski definition) is 1. The van der Waals surface area contributed by atoms with Crippen molar-refractivity contribution in [1.82, 2.24) is 19.9 Å². The normalized spacial score (nSPS) is 12.9. The summed E-state index contributed by atoms with van der Waals surface area (Å²) in [5.41, 5.74) is 1.10. The third-order valence-electron chi connectivity index (χ3n) is 2.73. The van der Waals surface area contributed by atoms with Gasteiger partial charge in [-0.1, -0.05) is 6.92 Å². The summed E-state index contributed by atoms with van der Waals surface area (Å²) in [6.45, 7) is 8.29. The zero-order valence-electron chi connectivity index (χ0n) is 10.5. The molecule has 0 saturated heterocycles. The highest BCUT2D eigenvalue weighted by molar-refractivity contribution is 7.15. The Bertz CT molecular complexity index is 474. The Morgan fingerprint density at radius 1 is 1.41 bits per heavy atom. The fraction of sp³-hybridized carbons (Fsp3) is 0.500. The molecule has 2 heterocycles. The number of rotatable bonds is 5. The maximum atomic E-state index is 4.49. The second-order valence-corrected chi connectivity index (χ2v) is 4.97. The molecule has 0 bridgehead atoms. The summed E-state index contributed by atoms with van der Waals surface area (Å²) >= 11 is 1.73. The Kier molecular flexibility index (Phi) is 3.91. The zero-order valence-corrected chi connectivity index (χ0v) is 11.3. The topological polar surface area (TPSA) is 42.7 Å². The minimum atomic E-state index is 0.365. The number of aryl methyl sites for hydroxylation is 1. The summed E-state index contributed by atoms with van der Waals surface area (Å²) in [6.07, 6.45) is 5.69. The summed E-state index contributed by atoms with van der Waals surface area (Å²) in [7, 11) is 0. The van der Waals surface area contributed by atoms with E-state index in [1.165, 1.54) is 4.88 Å². The minimum absolute atomic E-state index is 0.365. The van der Waals surface area contributed by atoms with Crippen LogP contribution in [-0.2, 0) is 6.54 Å². The van der Waals surface area contributed by atoms with Gasteiger partial charge in [-0.2, -0.15) is 0 Å². The number of aromatic nitrogens is 3. The highest BCUT2D eigenvalue weighted by Gasteiger charge is 2.12. The van der Waals surface area contributed by atoms with E-state index in [9.17, 15) is 0 Å². The Labute approximate surface area is 106 Å². The van der Waals surface area contributed by atoms with Crippen molar-refractivity contribution in [2.24, 2.45) is 0 Å². The maximum absolute atomic E-state index is 4.49. The quantitative estimate of drug-likeness (QED) is 0.887. The maximum Gasteiger partial charge on any atom is 0.141 e. The van der Waals surface area contributed by atoms with Crippen LogP contribution in [0.1, 0.15) is 31.7 Å². The Morgan fingerprint density at radius 2 is 2.24 bits per heavy atom. The fourth-order valence-corrected chi connectivity index (χ4v) is 2.73. The molecule has 0 aliphatic carbocycles. The van der Waals surface area contributed by atoms with E-state index in [0.29, 0.717) is 6.04 Å². The smallest absolute Gasteiger partial charge is 0.141 e. The molecule has 0 aromatic carbocycles. The minimum Gasteiger partial charge on any atom is -0.329 e. The van der Waals surface area contributed by atoms with Gasteiger partial charge in [0.2, 0.25) is 0 Å². The zero-order chi connectivity index (χ0) is 12.3. The van der Waals surface area contributed by atoms with Crippen molar-refractivity contribution in [2.75, 3.05) is 6.54 Å². The predicted octanol–water partition coefficient (Wildman–Crippen LogP) is 2.70. The molecule has 17 heavy (non-hydrogen) atoms. The van der Waals surface area contributed by atoms with Crippen molar-refractivity contribution in [2.45, 2.75) is 33.4 Å². The molecule has 0 fully saturated rings. The van der Waals surface area contributed by atoms with Crippen molar-refractivity contribution >= 4 is 11.3 Å². The molecule has 4 nitrogen and oxygen atoms in total. The lowest BCUT2D eigenvalue weighted by atomic mass is 10.3. The summed E-state index contributed by atoms with van der Waals surface area (Å²) in [6, 6.07) is 0.365. The first-order valence-corrected chi connectivity index (χ1v) is 6.77. The molecular weight excluding hydrogens is 232 g/mol. The summed E-state index contributed by atoms with van der Waals surface area (Å²) in [5, 5.41) is 4.44. The monoisotopic (exact) mass is 250 g/mol. The molecule has 1 unspecified atom stereocenters. The average Bonchev–Trinajstić information content (AvgIpc) is 2.97. The molecule has 2 rings (SSSR count). The second kappa shape index (κ2) is 5.42. The standard InChI is InChI=1S/C12H18N4S/c1-4-14-9(3)11-7-15-12(17-11)10-6-13-8-16(10)5-2/h6-9,14H,4-5H2,1-3H3. The van der Waals surface area contributed by atoms with Gasteiger partial charge in [0.1, 0.15) is 5.01 Å². The lowest BCUT2D eigenvalue weighted by Gasteiger charge is -2.08. The molecule has 0 spiro atoms. The Balaban J connectivity index is 2.23. The van der Waals surface area contributed by atoms with Crippen LogP contribution in [0.3, 0.4) is 0 Å². The number of nitrogens with one attached hydrogen (secondary N) is 1. The summed E-state index contributed by atoms with van der Waals surface area (Å²) in [4.78, 5) is 9.93. The van der Waals surface area contributed by atoms with Crippen molar-refractivity contribution in [3.8, 4) is 10.7 Å². The number of thiazole rings is 1. The molecule has 0 aliphatic heterocycles. The average molecular weight is 250 g/mol. The van der Waals surface area contributed by atoms with Crippen LogP contribution in [0.15, 0.2) is 18.7 Å². The van der Waals surface area contributed by atoms with E-state index in [1.54, 1.807) is 11.3 Å². The fourth-order valence-electron chi connectivity index (χ4n) is 1.76. The summed E-state index contributed by atoms with van der Waals surface area (Å²) < 4.78 is 2.11. The lowest BCUT2D eigenvalue weighted by Crippen LogP contribution is -2.16. The van der Waals surface area contributed by atoms with Crippen LogP contribution < -0.4 is 5.32 Å². The molecular formula is C12H18N4S. The van der Waals surface area contributed by atoms with Crippen molar-refractivity contribution in [1.29, 1.82) is 0 Å². The van der Waals surface area contributed by atoms with E-state index in [2.05, 4.69) is 40.6 Å². The summed E-state index contributed by atoms with van der Waals surface area (Å²) in [5.74, 6) is 0. The Hall–Kier alpha value is -1.20. The second-order valence-electron chi connectivity index (χ2n) is 3.91. The largest absolute Gasteiger partial charge is 0.329 e. The van der Waals surface area contributed by atoms with Gasteiger partial charge in [0.05, 0.1) is 18.2 Å². The SMILES string of the molecule is CCNC(C)c1cnc(-c2cncn2CC)s1. The van der Waals surface area contributed by atoms with E-state index >= 15 is 0 Å². The van der Waals surface area contributed by atoms with Crippen LogP contribution in [0.25, 0.3) is 10.7 Å². The van der Waals surface area contributed by atoms with E-state index in [4.69, 9.17) is 0 Å². The third kappa shape index (κ3) is 2.56. The van der Waals surface area contributed by atoms with Gasteiger partial charge in [-0.05, 0) is 20.4 Å². The Morgan fingerprint density at radius 3 is 2.94 bits per heavy atom. The van der Waals surface area contributed by atoms with Crippen molar-refractivity contribution < 1.29 is 0 Å². The lowest BCUT2D eigenvalue weighted by molar-refractivity contribution is 0.606.